The van der Waals surface area contributed by atoms with Crippen molar-refractivity contribution in [2.75, 3.05) is 13.7 Å². The second kappa shape index (κ2) is 5.40. The van der Waals surface area contributed by atoms with E-state index in [0.717, 1.165) is 23.3 Å². The summed E-state index contributed by atoms with van der Waals surface area (Å²) in [6, 6.07) is 5.75. The molecule has 0 aliphatic carbocycles. The first kappa shape index (κ1) is 12.9. The molecule has 1 heterocycles. The summed E-state index contributed by atoms with van der Waals surface area (Å²) < 4.78 is 15.6. The molecule has 1 fully saturated rings. The molecule has 98 valence electrons. The van der Waals surface area contributed by atoms with E-state index in [1.807, 2.05) is 32.0 Å². The number of carbonyl (C=O) groups is 1. The first-order valence-electron chi connectivity index (χ1n) is 6.14. The molecule has 1 aromatic carbocycles. The number of carbonyl (C=O) groups excluding carboxylic acids is 1. The molecule has 0 bridgehead atoms. The summed E-state index contributed by atoms with van der Waals surface area (Å²) in [5.41, 5.74) is 2.08. The number of benzene rings is 1. The van der Waals surface area contributed by atoms with Crippen LogP contribution in [0, 0.1) is 6.92 Å². The molecule has 4 nitrogen and oxygen atoms in total. The van der Waals surface area contributed by atoms with Crippen LogP contribution in [0.2, 0.25) is 0 Å². The maximum Gasteiger partial charge on any atom is 0.338 e. The fourth-order valence-electron chi connectivity index (χ4n) is 1.91. The van der Waals surface area contributed by atoms with E-state index in [9.17, 15) is 4.79 Å². The predicted octanol–water partition coefficient (Wildman–Crippen LogP) is 2.40. The van der Waals surface area contributed by atoms with E-state index < -0.39 is 6.10 Å². The Bertz CT molecular complexity index is 441. The lowest BCUT2D eigenvalue weighted by Crippen LogP contribution is -2.13. The van der Waals surface area contributed by atoms with Crippen molar-refractivity contribution in [3.05, 3.63) is 29.3 Å². The molecule has 0 N–H and O–H groups in total. The van der Waals surface area contributed by atoms with Crippen LogP contribution in [0.4, 0.5) is 0 Å². The van der Waals surface area contributed by atoms with Gasteiger partial charge in [-0.05, 0) is 36.6 Å². The Hall–Kier alpha value is -1.55. The van der Waals surface area contributed by atoms with Crippen LogP contribution in [0.25, 0.3) is 0 Å². The van der Waals surface area contributed by atoms with Crippen LogP contribution in [0.3, 0.4) is 0 Å². The molecule has 2 atom stereocenters. The fourth-order valence-corrected chi connectivity index (χ4v) is 1.91. The van der Waals surface area contributed by atoms with E-state index in [1.165, 1.54) is 0 Å². The maximum atomic E-state index is 11.6. The van der Waals surface area contributed by atoms with Gasteiger partial charge in [0.15, 0.2) is 6.10 Å². The van der Waals surface area contributed by atoms with Gasteiger partial charge in [-0.2, -0.15) is 0 Å². The van der Waals surface area contributed by atoms with Crippen LogP contribution in [0.5, 0.6) is 5.75 Å². The highest BCUT2D eigenvalue weighted by Crippen LogP contribution is 2.41. The number of epoxide rings is 1. The minimum atomic E-state index is -0.441. The molecule has 2 unspecified atom stereocenters. The summed E-state index contributed by atoms with van der Waals surface area (Å²) in [4.78, 5) is 11.6. The number of methoxy groups -OCH3 is 1. The second-order valence-electron chi connectivity index (χ2n) is 4.37. The molecular formula is C14H18O4. The zero-order valence-electron chi connectivity index (χ0n) is 10.9. The predicted molar refractivity (Wildman–Crippen MR) is 66.6 cm³/mol. The van der Waals surface area contributed by atoms with Gasteiger partial charge < -0.3 is 14.2 Å². The molecule has 0 amide bonds. The van der Waals surface area contributed by atoms with Gasteiger partial charge in [0.05, 0.1) is 13.7 Å². The Morgan fingerprint density at radius 2 is 2.22 bits per heavy atom. The molecule has 1 aliphatic heterocycles. The van der Waals surface area contributed by atoms with E-state index in [0.29, 0.717) is 6.61 Å². The SMILES string of the molecule is CCCOC(=O)C1OC1c1ccc(OC)cc1C. The summed E-state index contributed by atoms with van der Waals surface area (Å²) >= 11 is 0. The lowest BCUT2D eigenvalue weighted by molar-refractivity contribution is -0.145. The number of aryl methyl sites for hydroxylation is 1. The average Bonchev–Trinajstić information content (AvgIpc) is 3.15. The third-order valence-corrected chi connectivity index (χ3v) is 2.96. The minimum Gasteiger partial charge on any atom is -0.497 e. The number of hydrogen-bond acceptors (Lipinski definition) is 4. The molecule has 1 aliphatic rings. The van der Waals surface area contributed by atoms with Crippen LogP contribution >= 0.6 is 0 Å². The molecule has 4 heteroatoms. The number of rotatable bonds is 5. The molecule has 18 heavy (non-hydrogen) atoms. The lowest BCUT2D eigenvalue weighted by atomic mass is 10.0. The molecular weight excluding hydrogens is 232 g/mol. The molecule has 1 saturated heterocycles. The Morgan fingerprint density at radius 3 is 2.83 bits per heavy atom. The molecule has 0 saturated carbocycles. The van der Waals surface area contributed by atoms with Crippen molar-refractivity contribution in [3.63, 3.8) is 0 Å². The van der Waals surface area contributed by atoms with E-state index in [-0.39, 0.29) is 12.1 Å². The fraction of sp³-hybridized carbons (Fsp3) is 0.500. The van der Waals surface area contributed by atoms with E-state index in [4.69, 9.17) is 14.2 Å². The van der Waals surface area contributed by atoms with Gasteiger partial charge in [-0.1, -0.05) is 13.0 Å². The van der Waals surface area contributed by atoms with Crippen LogP contribution in [-0.2, 0) is 14.3 Å². The molecule has 0 spiro atoms. The van der Waals surface area contributed by atoms with Crippen molar-refractivity contribution in [3.8, 4) is 5.75 Å². The average molecular weight is 250 g/mol. The minimum absolute atomic E-state index is 0.166. The van der Waals surface area contributed by atoms with Crippen LogP contribution in [0.15, 0.2) is 18.2 Å². The van der Waals surface area contributed by atoms with E-state index in [1.54, 1.807) is 7.11 Å². The topological polar surface area (TPSA) is 48.1 Å². The van der Waals surface area contributed by atoms with Crippen LogP contribution < -0.4 is 4.74 Å². The largest absolute Gasteiger partial charge is 0.497 e. The summed E-state index contributed by atoms with van der Waals surface area (Å²) in [7, 11) is 1.63. The Morgan fingerprint density at radius 1 is 1.44 bits per heavy atom. The van der Waals surface area contributed by atoms with Crippen molar-refractivity contribution in [1.29, 1.82) is 0 Å². The standard InChI is InChI=1S/C14H18O4/c1-4-7-17-14(15)13-12(18-13)11-6-5-10(16-3)8-9(11)2/h5-6,8,12-13H,4,7H2,1-3H3. The van der Waals surface area contributed by atoms with Crippen molar-refractivity contribution in [2.45, 2.75) is 32.5 Å². The highest BCUT2D eigenvalue weighted by atomic mass is 16.6. The third-order valence-electron chi connectivity index (χ3n) is 2.96. The Balaban J connectivity index is 2.00. The molecule has 2 rings (SSSR count). The van der Waals surface area contributed by atoms with Gasteiger partial charge in [0.25, 0.3) is 0 Å². The zero-order chi connectivity index (χ0) is 13.1. The second-order valence-corrected chi connectivity index (χ2v) is 4.37. The monoisotopic (exact) mass is 250 g/mol. The van der Waals surface area contributed by atoms with Gasteiger partial charge in [-0.3, -0.25) is 0 Å². The van der Waals surface area contributed by atoms with Crippen molar-refractivity contribution in [1.82, 2.24) is 0 Å². The summed E-state index contributed by atoms with van der Waals surface area (Å²) in [6.07, 6.45) is 0.217. The number of esters is 1. The molecule has 0 aromatic heterocycles. The first-order valence-corrected chi connectivity index (χ1v) is 6.14. The van der Waals surface area contributed by atoms with Gasteiger partial charge in [0, 0.05) is 0 Å². The lowest BCUT2D eigenvalue weighted by Gasteiger charge is -2.05. The van der Waals surface area contributed by atoms with Gasteiger partial charge in [-0.15, -0.1) is 0 Å². The normalized spacial score (nSPS) is 21.5. The zero-order valence-corrected chi connectivity index (χ0v) is 10.9. The van der Waals surface area contributed by atoms with E-state index in [2.05, 4.69) is 0 Å². The Labute approximate surface area is 107 Å². The quantitative estimate of drug-likeness (QED) is 0.594. The summed E-state index contributed by atoms with van der Waals surface area (Å²) in [5.74, 6) is 0.541. The Kier molecular flexibility index (Phi) is 3.87. The van der Waals surface area contributed by atoms with Crippen molar-refractivity contribution < 1.29 is 19.0 Å². The molecule has 0 radical (unpaired) electrons. The summed E-state index contributed by atoms with van der Waals surface area (Å²) in [5, 5.41) is 0. The summed E-state index contributed by atoms with van der Waals surface area (Å²) in [6.45, 7) is 4.40. The number of ether oxygens (including phenoxy) is 3. The maximum absolute atomic E-state index is 11.6. The van der Waals surface area contributed by atoms with Gasteiger partial charge in [-0.25, -0.2) is 4.79 Å². The van der Waals surface area contributed by atoms with Crippen LogP contribution in [-0.4, -0.2) is 25.8 Å². The highest BCUT2D eigenvalue weighted by Gasteiger charge is 2.48. The van der Waals surface area contributed by atoms with Gasteiger partial charge in [0.1, 0.15) is 11.9 Å². The van der Waals surface area contributed by atoms with Crippen molar-refractivity contribution >= 4 is 5.97 Å². The van der Waals surface area contributed by atoms with Crippen molar-refractivity contribution in [2.24, 2.45) is 0 Å². The van der Waals surface area contributed by atoms with E-state index >= 15 is 0 Å². The third kappa shape index (κ3) is 2.64. The van der Waals surface area contributed by atoms with Gasteiger partial charge >= 0.3 is 5.97 Å². The first-order chi connectivity index (χ1) is 8.67. The van der Waals surface area contributed by atoms with Crippen LogP contribution in [0.1, 0.15) is 30.6 Å². The van der Waals surface area contributed by atoms with Gasteiger partial charge in [0.2, 0.25) is 0 Å². The highest BCUT2D eigenvalue weighted by molar-refractivity contribution is 5.78. The number of hydrogen-bond donors (Lipinski definition) is 0. The molecule has 1 aromatic rings. The smallest absolute Gasteiger partial charge is 0.338 e.